The van der Waals surface area contributed by atoms with E-state index in [0.717, 1.165) is 16.7 Å². The minimum absolute atomic E-state index is 0.219. The number of rotatable bonds is 6. The molecule has 0 saturated heterocycles. The number of carbonyl (C=O) groups is 1. The minimum Gasteiger partial charge on any atom is -0.467 e. The topological polar surface area (TPSA) is 86.2 Å². The number of nitrogens with zero attached hydrogens (tertiary/aromatic N) is 2. The van der Waals surface area contributed by atoms with Crippen molar-refractivity contribution in [3.63, 3.8) is 0 Å². The summed E-state index contributed by atoms with van der Waals surface area (Å²) in [6.07, 6.45) is 1.56. The molecule has 180 valence electrons. The zero-order valence-corrected chi connectivity index (χ0v) is 20.0. The van der Waals surface area contributed by atoms with Gasteiger partial charge in [-0.25, -0.2) is 9.36 Å². The maximum atomic E-state index is 13.6. The highest BCUT2D eigenvalue weighted by atomic mass is 16.3. The summed E-state index contributed by atoms with van der Waals surface area (Å²) in [6.45, 7) is 4.49. The summed E-state index contributed by atoms with van der Waals surface area (Å²) in [4.78, 5) is 39.4. The second-order valence-corrected chi connectivity index (χ2v) is 8.75. The molecule has 1 amide bonds. The molecular weight excluding hydrogens is 454 g/mol. The first-order chi connectivity index (χ1) is 17.4. The van der Waals surface area contributed by atoms with Crippen molar-refractivity contribution in [1.82, 2.24) is 14.5 Å². The molecule has 1 N–H and O–H groups in total. The standard InChI is InChI=1S/C29H25N3O4/c1-19-9-14-23(16-20(19)2)32-28(34)25-7-3-4-8-26(25)31(29(32)35)18-21-10-12-22(13-11-21)27(33)30-17-24-6-5-15-36-24/h3-16H,17-18H2,1-2H3,(H,30,33). The van der Waals surface area contributed by atoms with Crippen LogP contribution >= 0.6 is 0 Å². The molecule has 0 unspecified atom stereocenters. The van der Waals surface area contributed by atoms with Crippen LogP contribution in [0.1, 0.15) is 32.8 Å². The van der Waals surface area contributed by atoms with Crippen LogP contribution in [0.3, 0.4) is 0 Å². The van der Waals surface area contributed by atoms with Gasteiger partial charge in [0.2, 0.25) is 0 Å². The van der Waals surface area contributed by atoms with E-state index in [1.165, 1.54) is 4.57 Å². The Balaban J connectivity index is 1.50. The number of hydrogen-bond acceptors (Lipinski definition) is 4. The average Bonchev–Trinajstić information content (AvgIpc) is 3.41. The Morgan fingerprint density at radius 3 is 2.39 bits per heavy atom. The Morgan fingerprint density at radius 1 is 0.889 bits per heavy atom. The van der Waals surface area contributed by atoms with Gasteiger partial charge in [0.15, 0.2) is 0 Å². The molecule has 36 heavy (non-hydrogen) atoms. The van der Waals surface area contributed by atoms with E-state index in [4.69, 9.17) is 4.42 Å². The van der Waals surface area contributed by atoms with Gasteiger partial charge in [-0.15, -0.1) is 0 Å². The molecule has 0 spiro atoms. The smallest absolute Gasteiger partial charge is 0.336 e. The number of carbonyl (C=O) groups excluding carboxylic acids is 1. The van der Waals surface area contributed by atoms with Crippen LogP contribution in [-0.4, -0.2) is 15.0 Å². The summed E-state index contributed by atoms with van der Waals surface area (Å²) < 4.78 is 8.07. The first-order valence-corrected chi connectivity index (χ1v) is 11.6. The van der Waals surface area contributed by atoms with Crippen molar-refractivity contribution in [1.29, 1.82) is 0 Å². The largest absolute Gasteiger partial charge is 0.467 e. The number of fused-ring (bicyclic) bond motifs is 1. The van der Waals surface area contributed by atoms with E-state index in [1.54, 1.807) is 59.4 Å². The summed E-state index contributed by atoms with van der Waals surface area (Å²) in [5.74, 6) is 0.453. The molecule has 0 bridgehead atoms. The Hall–Kier alpha value is -4.65. The van der Waals surface area contributed by atoms with Crippen molar-refractivity contribution in [3.8, 4) is 5.69 Å². The highest BCUT2D eigenvalue weighted by Crippen LogP contribution is 2.15. The molecule has 0 radical (unpaired) electrons. The summed E-state index contributed by atoms with van der Waals surface area (Å²) in [7, 11) is 0. The van der Waals surface area contributed by atoms with E-state index < -0.39 is 5.69 Å². The molecule has 0 aliphatic carbocycles. The minimum atomic E-state index is -0.415. The summed E-state index contributed by atoms with van der Waals surface area (Å²) >= 11 is 0. The molecule has 2 heterocycles. The lowest BCUT2D eigenvalue weighted by molar-refractivity contribution is 0.0948. The Morgan fingerprint density at radius 2 is 1.67 bits per heavy atom. The summed E-state index contributed by atoms with van der Waals surface area (Å²) in [6, 6.07) is 23.3. The van der Waals surface area contributed by atoms with E-state index in [1.807, 2.05) is 44.2 Å². The fourth-order valence-electron chi connectivity index (χ4n) is 4.19. The molecule has 7 nitrogen and oxygen atoms in total. The van der Waals surface area contributed by atoms with Crippen LogP contribution in [0.15, 0.2) is 99.1 Å². The molecule has 0 aliphatic rings. The Bertz CT molecular complexity index is 1680. The van der Waals surface area contributed by atoms with E-state index in [2.05, 4.69) is 5.32 Å². The number of benzene rings is 3. The van der Waals surface area contributed by atoms with Gasteiger partial charge in [-0.3, -0.25) is 14.2 Å². The van der Waals surface area contributed by atoms with Crippen molar-refractivity contribution < 1.29 is 9.21 Å². The van der Waals surface area contributed by atoms with Gasteiger partial charge in [-0.1, -0.05) is 30.3 Å². The fourth-order valence-corrected chi connectivity index (χ4v) is 4.19. The van der Waals surface area contributed by atoms with Crippen LogP contribution in [0.25, 0.3) is 16.6 Å². The summed E-state index contributed by atoms with van der Waals surface area (Å²) in [5.41, 5.74) is 3.75. The van der Waals surface area contributed by atoms with Gasteiger partial charge in [0.25, 0.3) is 11.5 Å². The number of nitrogens with one attached hydrogen (secondary N) is 1. The predicted octanol–water partition coefficient (Wildman–Crippen LogP) is 4.34. The molecule has 0 atom stereocenters. The van der Waals surface area contributed by atoms with E-state index in [0.29, 0.717) is 34.5 Å². The predicted molar refractivity (Wildman–Crippen MR) is 139 cm³/mol. The number of para-hydroxylation sites is 1. The van der Waals surface area contributed by atoms with Crippen LogP contribution in [-0.2, 0) is 13.1 Å². The third-order valence-electron chi connectivity index (χ3n) is 6.36. The van der Waals surface area contributed by atoms with E-state index in [9.17, 15) is 14.4 Å². The Labute approximate surface area is 207 Å². The van der Waals surface area contributed by atoms with Gasteiger partial charge < -0.3 is 9.73 Å². The summed E-state index contributed by atoms with van der Waals surface area (Å²) in [5, 5.41) is 3.28. The van der Waals surface area contributed by atoms with Gasteiger partial charge >= 0.3 is 5.69 Å². The van der Waals surface area contributed by atoms with E-state index >= 15 is 0 Å². The molecular formula is C29H25N3O4. The van der Waals surface area contributed by atoms with Gasteiger partial charge in [0, 0.05) is 5.56 Å². The third-order valence-corrected chi connectivity index (χ3v) is 6.36. The molecule has 0 aliphatic heterocycles. The van der Waals surface area contributed by atoms with Crippen LogP contribution in [0, 0.1) is 13.8 Å². The zero-order valence-electron chi connectivity index (χ0n) is 20.0. The monoisotopic (exact) mass is 479 g/mol. The first-order valence-electron chi connectivity index (χ1n) is 11.6. The first kappa shape index (κ1) is 23.1. The lowest BCUT2D eigenvalue weighted by Crippen LogP contribution is -2.39. The maximum absolute atomic E-state index is 13.6. The number of furan rings is 1. The second-order valence-electron chi connectivity index (χ2n) is 8.75. The van der Waals surface area contributed by atoms with Crippen molar-refractivity contribution in [2.45, 2.75) is 26.9 Å². The average molecular weight is 480 g/mol. The van der Waals surface area contributed by atoms with Crippen LogP contribution < -0.4 is 16.6 Å². The third kappa shape index (κ3) is 4.38. The number of aromatic nitrogens is 2. The molecule has 3 aromatic carbocycles. The quantitative estimate of drug-likeness (QED) is 0.393. The maximum Gasteiger partial charge on any atom is 0.336 e. The lowest BCUT2D eigenvalue weighted by Gasteiger charge is -2.15. The number of aryl methyl sites for hydroxylation is 2. The lowest BCUT2D eigenvalue weighted by atomic mass is 10.1. The zero-order chi connectivity index (χ0) is 25.2. The molecule has 0 fully saturated rings. The van der Waals surface area contributed by atoms with E-state index in [-0.39, 0.29) is 18.0 Å². The van der Waals surface area contributed by atoms with Gasteiger partial charge in [-0.2, -0.15) is 0 Å². The molecule has 0 saturated carbocycles. The SMILES string of the molecule is Cc1ccc(-n2c(=O)c3ccccc3n(Cc3ccc(C(=O)NCc4ccco4)cc3)c2=O)cc1C. The normalized spacial score (nSPS) is 11.1. The van der Waals surface area contributed by atoms with Crippen LogP contribution in [0.5, 0.6) is 0 Å². The van der Waals surface area contributed by atoms with Gasteiger partial charge in [0.1, 0.15) is 5.76 Å². The number of hydrogen-bond donors (Lipinski definition) is 1. The highest BCUT2D eigenvalue weighted by Gasteiger charge is 2.15. The van der Waals surface area contributed by atoms with Crippen molar-refractivity contribution in [2.24, 2.45) is 0 Å². The van der Waals surface area contributed by atoms with Gasteiger partial charge in [-0.05, 0) is 79.1 Å². The highest BCUT2D eigenvalue weighted by molar-refractivity contribution is 5.94. The molecule has 7 heteroatoms. The number of amides is 1. The van der Waals surface area contributed by atoms with Crippen LogP contribution in [0.2, 0.25) is 0 Å². The second kappa shape index (κ2) is 9.54. The molecule has 2 aromatic heterocycles. The Kier molecular flexibility index (Phi) is 6.12. The molecule has 5 aromatic rings. The van der Waals surface area contributed by atoms with Gasteiger partial charge in [0.05, 0.1) is 35.9 Å². The van der Waals surface area contributed by atoms with Crippen LogP contribution in [0.4, 0.5) is 0 Å². The van der Waals surface area contributed by atoms with Crippen molar-refractivity contribution >= 4 is 16.8 Å². The molecule has 5 rings (SSSR count). The van der Waals surface area contributed by atoms with Crippen molar-refractivity contribution in [2.75, 3.05) is 0 Å². The van der Waals surface area contributed by atoms with Crippen molar-refractivity contribution in [3.05, 3.63) is 134 Å². The fraction of sp³-hybridized carbons (Fsp3) is 0.138.